The molecule has 1 aliphatic rings. The van der Waals surface area contributed by atoms with Crippen molar-refractivity contribution in [2.75, 3.05) is 26.2 Å². The Balaban J connectivity index is 1.27. The van der Waals surface area contributed by atoms with Crippen molar-refractivity contribution in [3.8, 4) is 17.0 Å². The number of halogens is 1. The minimum atomic E-state index is -0.573. The van der Waals surface area contributed by atoms with Crippen LogP contribution < -0.4 is 4.74 Å². The molecule has 0 amide bonds. The maximum atomic E-state index is 10.4. The molecule has 0 saturated carbocycles. The number of aryl methyl sites for hydroxylation is 1. The van der Waals surface area contributed by atoms with Gasteiger partial charge in [0.05, 0.1) is 5.69 Å². The van der Waals surface area contributed by atoms with Gasteiger partial charge >= 0.3 is 0 Å². The molecule has 3 aromatic rings. The largest absolute Gasteiger partial charge is 0.491 e. The number of H-pyrrole nitrogens is 1. The number of aromatic amines is 1. The second-order valence-electron chi connectivity index (χ2n) is 7.49. The van der Waals surface area contributed by atoms with Crippen LogP contribution in [0.15, 0.2) is 36.8 Å². The molecule has 2 N–H and O–H groups in total. The van der Waals surface area contributed by atoms with Gasteiger partial charge in [-0.05, 0) is 50.2 Å². The van der Waals surface area contributed by atoms with Gasteiger partial charge in [-0.3, -0.25) is 5.10 Å². The SMILES string of the molecule is Cn1cnnc1C1CCN(CC(O)COc2cc(Cl)cc(-c3ccn[nH]3)c2)CC1. The Morgan fingerprint density at radius 2 is 2.14 bits per heavy atom. The molecule has 154 valence electrons. The number of nitrogens with one attached hydrogen (secondary N) is 1. The van der Waals surface area contributed by atoms with Crippen LogP contribution in [-0.2, 0) is 7.05 Å². The molecule has 0 bridgehead atoms. The summed E-state index contributed by atoms with van der Waals surface area (Å²) >= 11 is 6.21. The molecule has 29 heavy (non-hydrogen) atoms. The van der Waals surface area contributed by atoms with Crippen LogP contribution in [-0.4, -0.2) is 67.3 Å². The van der Waals surface area contributed by atoms with Crippen molar-refractivity contribution in [2.24, 2.45) is 7.05 Å². The molecule has 0 radical (unpaired) electrons. The second kappa shape index (κ2) is 8.94. The van der Waals surface area contributed by atoms with E-state index in [0.717, 1.165) is 43.0 Å². The Morgan fingerprint density at radius 1 is 1.31 bits per heavy atom. The number of ether oxygens (including phenoxy) is 1. The standard InChI is InChI=1S/C20H25ClN6O2/c1-26-13-23-25-20(26)14-3-6-27(7-4-14)11-17(28)12-29-18-9-15(8-16(21)10-18)19-2-5-22-24-19/h2,5,8-10,13-14,17,28H,3-4,6-7,11-12H2,1H3,(H,22,24). The molecule has 2 aromatic heterocycles. The number of hydrogen-bond donors (Lipinski definition) is 2. The third-order valence-electron chi connectivity index (χ3n) is 5.29. The number of aliphatic hydroxyl groups excluding tert-OH is 1. The molecular formula is C20H25ClN6O2. The van der Waals surface area contributed by atoms with E-state index < -0.39 is 6.10 Å². The molecule has 9 heteroatoms. The first-order valence-corrected chi connectivity index (χ1v) is 10.1. The second-order valence-corrected chi connectivity index (χ2v) is 7.92. The third kappa shape index (κ3) is 4.95. The fourth-order valence-electron chi connectivity index (χ4n) is 3.80. The van der Waals surface area contributed by atoms with Crippen LogP contribution in [0.3, 0.4) is 0 Å². The van der Waals surface area contributed by atoms with Crippen molar-refractivity contribution < 1.29 is 9.84 Å². The summed E-state index contributed by atoms with van der Waals surface area (Å²) in [5.74, 6) is 2.10. The number of piperidine rings is 1. The molecule has 8 nitrogen and oxygen atoms in total. The lowest BCUT2D eigenvalue weighted by molar-refractivity contribution is 0.0589. The molecule has 3 heterocycles. The van der Waals surface area contributed by atoms with Gasteiger partial charge in [0, 0.05) is 36.3 Å². The van der Waals surface area contributed by atoms with Crippen LogP contribution in [0.2, 0.25) is 5.02 Å². The minimum Gasteiger partial charge on any atom is -0.491 e. The molecule has 1 unspecified atom stereocenters. The van der Waals surface area contributed by atoms with Gasteiger partial charge in [0.25, 0.3) is 0 Å². The highest BCUT2D eigenvalue weighted by atomic mass is 35.5. The summed E-state index contributed by atoms with van der Waals surface area (Å²) in [5, 5.41) is 26.1. The smallest absolute Gasteiger partial charge is 0.135 e. The van der Waals surface area contributed by atoms with Crippen LogP contribution in [0.5, 0.6) is 5.75 Å². The van der Waals surface area contributed by atoms with Crippen molar-refractivity contribution in [2.45, 2.75) is 24.9 Å². The fraction of sp³-hybridized carbons (Fsp3) is 0.450. The monoisotopic (exact) mass is 416 g/mol. The zero-order valence-corrected chi connectivity index (χ0v) is 17.1. The van der Waals surface area contributed by atoms with Gasteiger partial charge in [-0.25, -0.2) is 0 Å². The number of likely N-dealkylation sites (tertiary alicyclic amines) is 1. The summed E-state index contributed by atoms with van der Waals surface area (Å²) in [6.45, 7) is 2.65. The molecule has 1 fully saturated rings. The summed E-state index contributed by atoms with van der Waals surface area (Å²) < 4.78 is 7.80. The van der Waals surface area contributed by atoms with Crippen molar-refractivity contribution in [3.63, 3.8) is 0 Å². The zero-order chi connectivity index (χ0) is 20.2. The van der Waals surface area contributed by atoms with Crippen LogP contribution >= 0.6 is 11.6 Å². The lowest BCUT2D eigenvalue weighted by atomic mass is 9.96. The maximum absolute atomic E-state index is 10.4. The van der Waals surface area contributed by atoms with Crippen LogP contribution in [0, 0.1) is 0 Å². The number of β-amino-alcohol motifs (C(OH)–C–C–N with tert-alkyl or cyclic N) is 1. The van der Waals surface area contributed by atoms with Crippen LogP contribution in [0.4, 0.5) is 0 Å². The molecule has 4 rings (SSSR count). The Morgan fingerprint density at radius 3 is 2.83 bits per heavy atom. The normalized spacial score (nSPS) is 16.8. The molecule has 0 spiro atoms. The Bertz CT molecular complexity index is 921. The predicted molar refractivity (Wildman–Crippen MR) is 110 cm³/mol. The maximum Gasteiger partial charge on any atom is 0.135 e. The highest BCUT2D eigenvalue weighted by Crippen LogP contribution is 2.28. The number of hydrogen-bond acceptors (Lipinski definition) is 6. The van der Waals surface area contributed by atoms with Crippen molar-refractivity contribution in [1.82, 2.24) is 29.9 Å². The van der Waals surface area contributed by atoms with Crippen molar-refractivity contribution in [3.05, 3.63) is 47.6 Å². The summed E-state index contributed by atoms with van der Waals surface area (Å²) in [4.78, 5) is 2.27. The first-order chi connectivity index (χ1) is 14.1. The Hall–Kier alpha value is -2.42. The molecular weight excluding hydrogens is 392 g/mol. The molecule has 1 aliphatic heterocycles. The number of nitrogens with zero attached hydrogens (tertiary/aromatic N) is 5. The summed E-state index contributed by atoms with van der Waals surface area (Å²) in [7, 11) is 1.98. The highest BCUT2D eigenvalue weighted by molar-refractivity contribution is 6.31. The van der Waals surface area contributed by atoms with Gasteiger partial charge in [-0.2, -0.15) is 5.10 Å². The van der Waals surface area contributed by atoms with Crippen molar-refractivity contribution in [1.29, 1.82) is 0 Å². The third-order valence-corrected chi connectivity index (χ3v) is 5.51. The number of aromatic nitrogens is 5. The van der Waals surface area contributed by atoms with Crippen molar-refractivity contribution >= 4 is 11.6 Å². The van der Waals surface area contributed by atoms with E-state index in [1.165, 1.54) is 0 Å². The van der Waals surface area contributed by atoms with Crippen LogP contribution in [0.1, 0.15) is 24.6 Å². The number of benzene rings is 1. The molecule has 1 saturated heterocycles. The van der Waals surface area contributed by atoms with Gasteiger partial charge in [0.15, 0.2) is 0 Å². The van der Waals surface area contributed by atoms with E-state index in [0.29, 0.717) is 23.2 Å². The van der Waals surface area contributed by atoms with E-state index in [1.807, 2.05) is 29.8 Å². The minimum absolute atomic E-state index is 0.214. The fourth-order valence-corrected chi connectivity index (χ4v) is 4.02. The van der Waals surface area contributed by atoms with E-state index in [1.54, 1.807) is 18.6 Å². The zero-order valence-electron chi connectivity index (χ0n) is 16.3. The van der Waals surface area contributed by atoms with Crippen LogP contribution in [0.25, 0.3) is 11.3 Å². The molecule has 1 aromatic carbocycles. The summed E-state index contributed by atoms with van der Waals surface area (Å²) in [5.41, 5.74) is 1.76. The van der Waals surface area contributed by atoms with E-state index in [2.05, 4.69) is 25.3 Å². The van der Waals surface area contributed by atoms with Gasteiger partial charge in [0.1, 0.15) is 30.6 Å². The first-order valence-electron chi connectivity index (χ1n) is 9.76. The Labute approximate surface area is 174 Å². The van der Waals surface area contributed by atoms with E-state index in [9.17, 15) is 5.11 Å². The van der Waals surface area contributed by atoms with Gasteiger partial charge < -0.3 is 19.3 Å². The summed E-state index contributed by atoms with van der Waals surface area (Å²) in [6, 6.07) is 7.35. The predicted octanol–water partition coefficient (Wildman–Crippen LogP) is 2.48. The average Bonchev–Trinajstić information content (AvgIpc) is 3.39. The van der Waals surface area contributed by atoms with E-state index in [-0.39, 0.29) is 6.61 Å². The lowest BCUT2D eigenvalue weighted by Crippen LogP contribution is -2.40. The quantitative estimate of drug-likeness (QED) is 0.614. The molecule has 0 aliphatic carbocycles. The topological polar surface area (TPSA) is 92.1 Å². The first kappa shape index (κ1) is 19.9. The van der Waals surface area contributed by atoms with E-state index in [4.69, 9.17) is 16.3 Å². The average molecular weight is 417 g/mol. The summed E-state index contributed by atoms with van der Waals surface area (Å²) in [6.07, 6.45) is 4.89. The lowest BCUT2D eigenvalue weighted by Gasteiger charge is -2.32. The van der Waals surface area contributed by atoms with Gasteiger partial charge in [-0.1, -0.05) is 11.6 Å². The van der Waals surface area contributed by atoms with E-state index >= 15 is 0 Å². The number of aliphatic hydroxyl groups is 1. The van der Waals surface area contributed by atoms with Gasteiger partial charge in [0.2, 0.25) is 0 Å². The Kier molecular flexibility index (Phi) is 6.13. The highest BCUT2D eigenvalue weighted by Gasteiger charge is 2.25. The number of rotatable bonds is 7. The van der Waals surface area contributed by atoms with Gasteiger partial charge in [-0.15, -0.1) is 10.2 Å². The molecule has 1 atom stereocenters.